The number of aromatic hydroxyl groups is 1. The second-order valence-corrected chi connectivity index (χ2v) is 6.46. The summed E-state index contributed by atoms with van der Waals surface area (Å²) in [7, 11) is 0. The number of nitrogens with one attached hydrogen (secondary N) is 2. The van der Waals surface area contributed by atoms with E-state index < -0.39 is 0 Å². The third-order valence-electron chi connectivity index (χ3n) is 4.98. The number of benzene rings is 2. The first kappa shape index (κ1) is 15.0. The fourth-order valence-electron chi connectivity index (χ4n) is 3.61. The molecular formula is C20H23N3O+2. The zero-order valence-corrected chi connectivity index (χ0v) is 13.7. The summed E-state index contributed by atoms with van der Waals surface area (Å²) >= 11 is 0. The summed E-state index contributed by atoms with van der Waals surface area (Å²) in [6, 6.07) is 16.4. The third-order valence-corrected chi connectivity index (χ3v) is 4.98. The second-order valence-electron chi connectivity index (χ2n) is 6.46. The fraction of sp³-hybridized carbons (Fsp3) is 0.250. The first-order valence-electron chi connectivity index (χ1n) is 8.55. The number of rotatable bonds is 3. The smallest absolute Gasteiger partial charge is 0.169 e. The Labute approximate surface area is 142 Å². The third kappa shape index (κ3) is 2.93. The average molecular weight is 321 g/mol. The van der Waals surface area contributed by atoms with Gasteiger partial charge in [-0.2, -0.15) is 0 Å². The number of pyridine rings is 1. The molecule has 122 valence electrons. The number of quaternary nitrogens is 1. The van der Waals surface area contributed by atoms with Crippen molar-refractivity contribution >= 4 is 16.5 Å². The van der Waals surface area contributed by atoms with E-state index in [1.54, 1.807) is 0 Å². The lowest BCUT2D eigenvalue weighted by atomic mass is 10.0. The number of aromatic amines is 1. The van der Waals surface area contributed by atoms with E-state index in [9.17, 15) is 5.11 Å². The van der Waals surface area contributed by atoms with Crippen LogP contribution in [0.1, 0.15) is 5.56 Å². The highest BCUT2D eigenvalue weighted by atomic mass is 16.3. The van der Waals surface area contributed by atoms with Crippen LogP contribution < -0.4 is 14.8 Å². The standard InChI is InChI=1S/C20H21N3O/c24-20-6-5-16-3-1-2-4-18(16)19(20)15-22-11-13-23(14-12-22)17-7-9-21-10-8-17/h1-10,24H,11-15H2/p+2. The largest absolute Gasteiger partial charge is 0.507 e. The Morgan fingerprint density at radius 3 is 2.50 bits per heavy atom. The number of hydrogen-bond donors (Lipinski definition) is 2. The first-order valence-corrected chi connectivity index (χ1v) is 8.55. The molecule has 1 aliphatic rings. The molecule has 4 rings (SSSR count). The number of H-pyrrole nitrogens is 1. The Hall–Kier alpha value is -2.59. The van der Waals surface area contributed by atoms with Gasteiger partial charge in [-0.25, -0.2) is 4.98 Å². The minimum atomic E-state index is 0.419. The monoisotopic (exact) mass is 321 g/mol. The molecule has 1 saturated heterocycles. The number of anilines is 1. The summed E-state index contributed by atoms with van der Waals surface area (Å²) in [5, 5.41) is 12.7. The van der Waals surface area contributed by atoms with Crippen molar-refractivity contribution in [1.29, 1.82) is 0 Å². The molecule has 0 saturated carbocycles. The normalized spacial score (nSPS) is 15.8. The van der Waals surface area contributed by atoms with Gasteiger partial charge in [0.05, 0.1) is 31.7 Å². The number of hydrogen-bond acceptors (Lipinski definition) is 2. The van der Waals surface area contributed by atoms with Gasteiger partial charge in [-0.05, 0) is 16.8 Å². The van der Waals surface area contributed by atoms with Crippen molar-refractivity contribution in [2.24, 2.45) is 0 Å². The molecule has 0 atom stereocenters. The van der Waals surface area contributed by atoms with Crippen molar-refractivity contribution in [3.8, 4) is 5.75 Å². The van der Waals surface area contributed by atoms with Crippen LogP contribution in [0.15, 0.2) is 60.9 Å². The van der Waals surface area contributed by atoms with Crippen LogP contribution in [-0.4, -0.2) is 31.3 Å². The number of phenolic OH excluding ortho intramolecular Hbond substituents is 1. The SMILES string of the molecule is Oc1ccc2ccccc2c1C[NH+]1CCN(c2cc[nH+]cc2)CC1. The number of phenols is 1. The molecule has 2 aromatic carbocycles. The molecule has 1 aromatic heterocycles. The summed E-state index contributed by atoms with van der Waals surface area (Å²) in [4.78, 5) is 7.04. The molecule has 0 radical (unpaired) electrons. The zero-order valence-electron chi connectivity index (χ0n) is 13.7. The molecule has 3 N–H and O–H groups in total. The van der Waals surface area contributed by atoms with Gasteiger partial charge in [-0.1, -0.05) is 30.3 Å². The Balaban J connectivity index is 1.49. The molecule has 0 aliphatic carbocycles. The summed E-state index contributed by atoms with van der Waals surface area (Å²) in [5.74, 6) is 0.419. The number of aromatic nitrogens is 1. The van der Waals surface area contributed by atoms with Crippen molar-refractivity contribution in [3.05, 3.63) is 66.5 Å². The van der Waals surface area contributed by atoms with Gasteiger partial charge >= 0.3 is 0 Å². The molecule has 4 heteroatoms. The van der Waals surface area contributed by atoms with E-state index in [4.69, 9.17) is 0 Å². The molecule has 0 unspecified atom stereocenters. The molecule has 0 amide bonds. The molecule has 1 aliphatic heterocycles. The highest BCUT2D eigenvalue weighted by molar-refractivity contribution is 5.87. The van der Waals surface area contributed by atoms with Crippen LogP contribution in [-0.2, 0) is 6.54 Å². The van der Waals surface area contributed by atoms with Gasteiger partial charge in [0.15, 0.2) is 12.4 Å². The van der Waals surface area contributed by atoms with E-state index in [2.05, 4.69) is 34.1 Å². The maximum atomic E-state index is 10.3. The van der Waals surface area contributed by atoms with Gasteiger partial charge in [-0.3, -0.25) is 0 Å². The van der Waals surface area contributed by atoms with Crippen LogP contribution in [0.3, 0.4) is 0 Å². The number of nitrogens with zero attached hydrogens (tertiary/aromatic N) is 1. The predicted octanol–water partition coefficient (Wildman–Crippen LogP) is 1.26. The van der Waals surface area contributed by atoms with E-state index >= 15 is 0 Å². The maximum Gasteiger partial charge on any atom is 0.169 e. The summed E-state index contributed by atoms with van der Waals surface area (Å²) in [6.45, 7) is 5.14. The van der Waals surface area contributed by atoms with Crippen molar-refractivity contribution in [2.75, 3.05) is 31.1 Å². The molecule has 0 spiro atoms. The quantitative estimate of drug-likeness (QED) is 0.763. The predicted molar refractivity (Wildman–Crippen MR) is 95.2 cm³/mol. The Kier molecular flexibility index (Phi) is 4.05. The van der Waals surface area contributed by atoms with Crippen LogP contribution >= 0.6 is 0 Å². The number of piperazine rings is 1. The van der Waals surface area contributed by atoms with Gasteiger partial charge in [0, 0.05) is 17.8 Å². The van der Waals surface area contributed by atoms with Crippen LogP contribution in [0, 0.1) is 0 Å². The lowest BCUT2D eigenvalue weighted by Crippen LogP contribution is -3.13. The molecular weight excluding hydrogens is 298 g/mol. The van der Waals surface area contributed by atoms with Crippen LogP contribution in [0.2, 0.25) is 0 Å². The molecule has 4 nitrogen and oxygen atoms in total. The van der Waals surface area contributed by atoms with Crippen molar-refractivity contribution in [2.45, 2.75) is 6.54 Å². The van der Waals surface area contributed by atoms with Crippen molar-refractivity contribution in [3.63, 3.8) is 0 Å². The van der Waals surface area contributed by atoms with E-state index in [1.807, 2.05) is 36.7 Å². The summed E-state index contributed by atoms with van der Waals surface area (Å²) in [6.07, 6.45) is 3.95. The Morgan fingerprint density at radius 1 is 0.958 bits per heavy atom. The maximum absolute atomic E-state index is 10.3. The molecule has 24 heavy (non-hydrogen) atoms. The van der Waals surface area contributed by atoms with Gasteiger partial charge in [0.1, 0.15) is 12.3 Å². The summed E-state index contributed by atoms with van der Waals surface area (Å²) in [5.41, 5.74) is 2.35. The fourth-order valence-corrected chi connectivity index (χ4v) is 3.61. The lowest BCUT2D eigenvalue weighted by molar-refractivity contribution is -0.914. The molecule has 1 fully saturated rings. The summed E-state index contributed by atoms with van der Waals surface area (Å²) < 4.78 is 0. The van der Waals surface area contributed by atoms with E-state index in [1.165, 1.54) is 21.4 Å². The second kappa shape index (κ2) is 6.49. The zero-order chi connectivity index (χ0) is 16.4. The first-order chi connectivity index (χ1) is 11.8. The molecule has 0 bridgehead atoms. The van der Waals surface area contributed by atoms with Crippen LogP contribution in [0.25, 0.3) is 10.8 Å². The van der Waals surface area contributed by atoms with Gasteiger partial charge in [-0.15, -0.1) is 0 Å². The van der Waals surface area contributed by atoms with Crippen LogP contribution in [0.5, 0.6) is 5.75 Å². The number of fused-ring (bicyclic) bond motifs is 1. The Bertz CT molecular complexity index is 827. The van der Waals surface area contributed by atoms with Gasteiger partial charge in [0.2, 0.25) is 0 Å². The van der Waals surface area contributed by atoms with Crippen molar-refractivity contribution < 1.29 is 15.0 Å². The van der Waals surface area contributed by atoms with E-state index in [-0.39, 0.29) is 0 Å². The van der Waals surface area contributed by atoms with Crippen molar-refractivity contribution in [1.82, 2.24) is 0 Å². The van der Waals surface area contributed by atoms with Gasteiger partial charge in [0.25, 0.3) is 0 Å². The molecule has 3 aromatic rings. The molecule has 2 heterocycles. The average Bonchev–Trinajstić information content (AvgIpc) is 2.65. The van der Waals surface area contributed by atoms with E-state index in [0.717, 1.165) is 38.3 Å². The lowest BCUT2D eigenvalue weighted by Gasteiger charge is -2.33. The Morgan fingerprint density at radius 2 is 1.71 bits per heavy atom. The topological polar surface area (TPSA) is 42.1 Å². The highest BCUT2D eigenvalue weighted by Gasteiger charge is 2.22. The van der Waals surface area contributed by atoms with Gasteiger partial charge < -0.3 is 14.9 Å². The minimum Gasteiger partial charge on any atom is -0.507 e. The van der Waals surface area contributed by atoms with E-state index in [0.29, 0.717) is 5.75 Å². The van der Waals surface area contributed by atoms with Crippen LogP contribution in [0.4, 0.5) is 5.69 Å². The minimum absolute atomic E-state index is 0.419. The highest BCUT2D eigenvalue weighted by Crippen LogP contribution is 2.26.